The minimum atomic E-state index is -4.82. The molecule has 0 saturated carbocycles. The van der Waals surface area contributed by atoms with Gasteiger partial charge in [0.05, 0.1) is 0 Å². The summed E-state index contributed by atoms with van der Waals surface area (Å²) >= 11 is 0. The molecule has 28 heavy (non-hydrogen) atoms. The van der Waals surface area contributed by atoms with Crippen LogP contribution in [0.15, 0.2) is 18.2 Å². The van der Waals surface area contributed by atoms with Gasteiger partial charge in [-0.15, -0.1) is 12.4 Å². The number of amides is 2. The molecule has 1 saturated heterocycles. The number of nitrogens with one attached hydrogen (secondary N) is 2. The number of benzene rings is 1. The number of rotatable bonds is 3. The van der Waals surface area contributed by atoms with Crippen molar-refractivity contribution < 1.29 is 22.8 Å². The third kappa shape index (κ3) is 5.61. The number of alkyl halides is 3. The Hall–Kier alpha value is -1.80. The number of likely N-dealkylation sites (tertiary alicyclic amines) is 1. The van der Waals surface area contributed by atoms with E-state index >= 15 is 0 Å². The summed E-state index contributed by atoms with van der Waals surface area (Å²) in [5.74, 6) is -1.86. The molecule has 3 rings (SSSR count). The summed E-state index contributed by atoms with van der Waals surface area (Å²) in [7, 11) is 0. The van der Waals surface area contributed by atoms with E-state index in [0.717, 1.165) is 30.8 Å². The van der Waals surface area contributed by atoms with Crippen LogP contribution >= 0.6 is 12.4 Å². The maximum Gasteiger partial charge on any atom is 0.471 e. The molecule has 2 heterocycles. The first kappa shape index (κ1) is 22.5. The van der Waals surface area contributed by atoms with Crippen molar-refractivity contribution in [2.45, 2.75) is 31.9 Å². The molecule has 1 aromatic carbocycles. The van der Waals surface area contributed by atoms with E-state index in [0.29, 0.717) is 24.9 Å². The van der Waals surface area contributed by atoms with Crippen LogP contribution in [0.2, 0.25) is 0 Å². The smallest absolute Gasteiger partial charge is 0.352 e. The lowest BCUT2D eigenvalue weighted by atomic mass is 9.96. The maximum absolute atomic E-state index is 12.5. The van der Waals surface area contributed by atoms with Gasteiger partial charge in [-0.3, -0.25) is 9.59 Å². The average molecular weight is 420 g/mol. The van der Waals surface area contributed by atoms with Crippen molar-refractivity contribution >= 4 is 24.2 Å². The molecule has 0 bridgehead atoms. The topological polar surface area (TPSA) is 61.4 Å². The van der Waals surface area contributed by atoms with Crippen LogP contribution in [0.1, 0.15) is 34.3 Å². The monoisotopic (exact) mass is 419 g/mol. The Kier molecular flexibility index (Phi) is 7.71. The highest BCUT2D eigenvalue weighted by atomic mass is 35.5. The van der Waals surface area contributed by atoms with Crippen LogP contribution in [-0.4, -0.2) is 55.6 Å². The second-order valence-electron chi connectivity index (χ2n) is 7.18. The zero-order valence-electron chi connectivity index (χ0n) is 15.5. The van der Waals surface area contributed by atoms with Crippen molar-refractivity contribution in [2.24, 2.45) is 5.92 Å². The fraction of sp³-hybridized carbons (Fsp3) is 0.579. The molecule has 0 unspecified atom stereocenters. The third-order valence-corrected chi connectivity index (χ3v) is 5.31. The van der Waals surface area contributed by atoms with Gasteiger partial charge in [-0.2, -0.15) is 13.2 Å². The minimum Gasteiger partial charge on any atom is -0.352 e. The lowest BCUT2D eigenvalue weighted by Gasteiger charge is -2.32. The van der Waals surface area contributed by atoms with Crippen molar-refractivity contribution in [3.05, 3.63) is 34.9 Å². The summed E-state index contributed by atoms with van der Waals surface area (Å²) in [6.45, 7) is 2.39. The average Bonchev–Trinajstić information content (AvgIpc) is 2.90. The summed E-state index contributed by atoms with van der Waals surface area (Å²) in [4.78, 5) is 24.5. The molecule has 0 atom stereocenters. The van der Waals surface area contributed by atoms with Gasteiger partial charge in [0.2, 0.25) is 0 Å². The van der Waals surface area contributed by atoms with Crippen LogP contribution in [0.5, 0.6) is 0 Å². The van der Waals surface area contributed by atoms with Crippen LogP contribution in [0.25, 0.3) is 0 Å². The highest BCUT2D eigenvalue weighted by Gasteiger charge is 2.43. The Morgan fingerprint density at radius 3 is 2.39 bits per heavy atom. The van der Waals surface area contributed by atoms with E-state index in [4.69, 9.17) is 0 Å². The second-order valence-corrected chi connectivity index (χ2v) is 7.18. The predicted octanol–water partition coefficient (Wildman–Crippen LogP) is 2.33. The lowest BCUT2D eigenvalue weighted by Crippen LogP contribution is -2.46. The van der Waals surface area contributed by atoms with Gasteiger partial charge in [0, 0.05) is 25.2 Å². The van der Waals surface area contributed by atoms with E-state index < -0.39 is 12.1 Å². The van der Waals surface area contributed by atoms with E-state index in [9.17, 15) is 22.8 Å². The van der Waals surface area contributed by atoms with Crippen molar-refractivity contribution in [2.75, 3.05) is 32.7 Å². The zero-order valence-corrected chi connectivity index (χ0v) is 16.3. The summed E-state index contributed by atoms with van der Waals surface area (Å²) in [5, 5.41) is 6.22. The van der Waals surface area contributed by atoms with Gasteiger partial charge in [0.15, 0.2) is 0 Å². The first-order valence-corrected chi connectivity index (χ1v) is 9.31. The molecule has 0 aromatic heterocycles. The summed E-state index contributed by atoms with van der Waals surface area (Å²) in [5.41, 5.74) is 3.06. The molecule has 2 aliphatic rings. The van der Waals surface area contributed by atoms with Crippen LogP contribution < -0.4 is 10.6 Å². The van der Waals surface area contributed by atoms with Crippen molar-refractivity contribution in [3.63, 3.8) is 0 Å². The molecule has 1 aromatic rings. The molecule has 2 amide bonds. The lowest BCUT2D eigenvalue weighted by molar-refractivity contribution is -0.186. The summed E-state index contributed by atoms with van der Waals surface area (Å²) in [6, 6.07) is 5.75. The Labute approximate surface area is 168 Å². The molecular weight excluding hydrogens is 395 g/mol. The number of hydrogen-bond acceptors (Lipinski definition) is 3. The molecule has 156 valence electrons. The van der Waals surface area contributed by atoms with Crippen molar-refractivity contribution in [1.82, 2.24) is 15.5 Å². The quantitative estimate of drug-likeness (QED) is 0.790. The summed E-state index contributed by atoms with van der Waals surface area (Å²) in [6.07, 6.45) is -2.06. The van der Waals surface area contributed by atoms with Crippen molar-refractivity contribution in [3.8, 4) is 0 Å². The Bertz CT molecular complexity index is 704. The first-order valence-electron chi connectivity index (χ1n) is 9.31. The zero-order chi connectivity index (χ0) is 19.4. The Balaban J connectivity index is 0.00000280. The number of nitrogens with zero attached hydrogens (tertiary/aromatic N) is 1. The fourth-order valence-corrected chi connectivity index (χ4v) is 3.67. The van der Waals surface area contributed by atoms with Gasteiger partial charge >= 0.3 is 12.1 Å². The van der Waals surface area contributed by atoms with Crippen LogP contribution in [0.4, 0.5) is 13.2 Å². The molecule has 9 heteroatoms. The van der Waals surface area contributed by atoms with Crippen LogP contribution in [0.3, 0.4) is 0 Å². The number of halogens is 4. The standard InChI is InChI=1S/C19H24F3N3O2.ClH/c20-19(21,22)18(27)25-9-5-13(6-10-25)12-24-17(26)16-2-1-14-3-7-23-8-4-15(14)11-16;/h1-2,11,13,23H,3-10,12H2,(H,24,26);1H. The second kappa shape index (κ2) is 9.60. The van der Waals surface area contributed by atoms with Crippen LogP contribution in [0, 0.1) is 5.92 Å². The Morgan fingerprint density at radius 1 is 1.11 bits per heavy atom. The van der Waals surface area contributed by atoms with Crippen LogP contribution in [-0.2, 0) is 17.6 Å². The molecule has 2 aliphatic heterocycles. The van der Waals surface area contributed by atoms with Gasteiger partial charge in [0.25, 0.3) is 5.91 Å². The number of piperidine rings is 1. The van der Waals surface area contributed by atoms with E-state index in [1.165, 1.54) is 11.1 Å². The predicted molar refractivity (Wildman–Crippen MR) is 102 cm³/mol. The number of fused-ring (bicyclic) bond motifs is 1. The van der Waals surface area contributed by atoms with E-state index in [-0.39, 0.29) is 37.3 Å². The fourth-order valence-electron chi connectivity index (χ4n) is 3.67. The van der Waals surface area contributed by atoms with Gasteiger partial charge in [-0.25, -0.2) is 0 Å². The molecule has 0 aliphatic carbocycles. The normalized spacial score (nSPS) is 17.9. The summed E-state index contributed by atoms with van der Waals surface area (Å²) < 4.78 is 37.4. The first-order chi connectivity index (χ1) is 12.8. The van der Waals surface area contributed by atoms with E-state index in [1.54, 1.807) is 0 Å². The number of carbonyl (C=O) groups is 2. The van der Waals surface area contributed by atoms with Gasteiger partial charge < -0.3 is 15.5 Å². The number of carbonyl (C=O) groups excluding carboxylic acids is 2. The van der Waals surface area contributed by atoms with Gasteiger partial charge in [-0.1, -0.05) is 6.07 Å². The molecule has 0 spiro atoms. The van der Waals surface area contributed by atoms with E-state index in [2.05, 4.69) is 10.6 Å². The molecule has 2 N–H and O–H groups in total. The minimum absolute atomic E-state index is 0. The largest absolute Gasteiger partial charge is 0.471 e. The molecule has 5 nitrogen and oxygen atoms in total. The highest BCUT2D eigenvalue weighted by molar-refractivity contribution is 5.94. The van der Waals surface area contributed by atoms with Crippen molar-refractivity contribution in [1.29, 1.82) is 0 Å². The van der Waals surface area contributed by atoms with Gasteiger partial charge in [-0.05, 0) is 68.0 Å². The Morgan fingerprint density at radius 2 is 1.75 bits per heavy atom. The highest BCUT2D eigenvalue weighted by Crippen LogP contribution is 2.23. The maximum atomic E-state index is 12.5. The molecule has 1 fully saturated rings. The SMILES string of the molecule is Cl.O=C(NCC1CCN(C(=O)C(F)(F)F)CC1)c1ccc2c(c1)CCNCC2. The molecular formula is C19H25ClF3N3O2. The number of hydrogen-bond donors (Lipinski definition) is 2. The third-order valence-electron chi connectivity index (χ3n) is 5.31. The van der Waals surface area contributed by atoms with Gasteiger partial charge in [0.1, 0.15) is 0 Å². The molecule has 0 radical (unpaired) electrons. The van der Waals surface area contributed by atoms with E-state index in [1.807, 2.05) is 18.2 Å².